The van der Waals surface area contributed by atoms with Gasteiger partial charge < -0.3 is 14.7 Å². The van der Waals surface area contributed by atoms with Gasteiger partial charge in [-0.3, -0.25) is 4.79 Å². The third-order valence-electron chi connectivity index (χ3n) is 6.13. The normalized spacial score (nSPS) is 25.0. The predicted molar refractivity (Wildman–Crippen MR) is 98.9 cm³/mol. The number of quaternary nitrogens is 1. The summed E-state index contributed by atoms with van der Waals surface area (Å²) in [4.78, 5) is 15.0. The maximum atomic E-state index is 13.5. The van der Waals surface area contributed by atoms with Gasteiger partial charge in [-0.25, -0.2) is 0 Å². The third kappa shape index (κ3) is 2.93. The van der Waals surface area contributed by atoms with Crippen molar-refractivity contribution in [2.24, 2.45) is 5.92 Å². The van der Waals surface area contributed by atoms with Crippen molar-refractivity contribution < 1.29 is 19.5 Å². The number of piperidine rings is 3. The molecule has 2 aromatic carbocycles. The Hall–Kier alpha value is -2.17. The Morgan fingerprint density at radius 2 is 1.54 bits per heavy atom. The molecule has 26 heavy (non-hydrogen) atoms. The van der Waals surface area contributed by atoms with Gasteiger partial charge in [-0.1, -0.05) is 60.7 Å². The van der Waals surface area contributed by atoms with Crippen LogP contribution in [0.3, 0.4) is 0 Å². The van der Waals surface area contributed by atoms with E-state index in [1.165, 1.54) is 18.0 Å². The second-order valence-electron chi connectivity index (χ2n) is 7.53. The Bertz CT molecular complexity index is 699. The summed E-state index contributed by atoms with van der Waals surface area (Å²) in [7, 11) is 0. The lowest BCUT2D eigenvalue weighted by atomic mass is 9.75. The number of nitrogens with one attached hydrogen (secondary N) is 1. The van der Waals surface area contributed by atoms with Crippen molar-refractivity contribution >= 4 is 5.97 Å². The molecular weight excluding hydrogens is 326 g/mol. The van der Waals surface area contributed by atoms with Crippen molar-refractivity contribution in [3.05, 3.63) is 71.8 Å². The molecule has 0 saturated carbocycles. The number of fused-ring (bicyclic) bond motifs is 3. The molecule has 3 heterocycles. The first-order valence-corrected chi connectivity index (χ1v) is 9.50. The van der Waals surface area contributed by atoms with E-state index in [0.29, 0.717) is 5.92 Å². The molecule has 0 aliphatic carbocycles. The van der Waals surface area contributed by atoms with Crippen molar-refractivity contribution in [1.29, 1.82) is 0 Å². The number of benzene rings is 2. The van der Waals surface area contributed by atoms with E-state index in [4.69, 9.17) is 4.74 Å². The predicted octanol–water partition coefficient (Wildman–Crippen LogP) is 1.19. The van der Waals surface area contributed by atoms with Crippen LogP contribution in [0, 0.1) is 5.92 Å². The number of hydrogen-bond donors (Lipinski definition) is 2. The van der Waals surface area contributed by atoms with Crippen molar-refractivity contribution in [2.45, 2.75) is 24.4 Å². The minimum Gasteiger partial charge on any atom is -0.455 e. The van der Waals surface area contributed by atoms with Gasteiger partial charge >= 0.3 is 5.97 Å². The van der Waals surface area contributed by atoms with E-state index in [0.717, 1.165) is 30.5 Å². The zero-order valence-corrected chi connectivity index (χ0v) is 14.9. The minimum absolute atomic E-state index is 0.0432. The molecule has 0 amide bonds. The van der Waals surface area contributed by atoms with Gasteiger partial charge in [0.1, 0.15) is 12.0 Å². The number of esters is 1. The maximum Gasteiger partial charge on any atom is 0.323 e. The zero-order chi connectivity index (χ0) is 18.0. The van der Waals surface area contributed by atoms with Crippen LogP contribution in [0.5, 0.6) is 0 Å². The van der Waals surface area contributed by atoms with Crippen LogP contribution < -0.4 is 4.90 Å². The zero-order valence-electron chi connectivity index (χ0n) is 14.9. The van der Waals surface area contributed by atoms with Gasteiger partial charge in [-0.05, 0) is 11.1 Å². The van der Waals surface area contributed by atoms with E-state index < -0.39 is 5.41 Å². The summed E-state index contributed by atoms with van der Waals surface area (Å²) < 4.78 is 6.07. The molecule has 0 aromatic heterocycles. The quantitative estimate of drug-likeness (QED) is 0.795. The van der Waals surface area contributed by atoms with Gasteiger partial charge in [-0.15, -0.1) is 0 Å². The highest BCUT2D eigenvalue weighted by Gasteiger charge is 2.47. The monoisotopic (exact) mass is 352 g/mol. The summed E-state index contributed by atoms with van der Waals surface area (Å²) in [5.41, 5.74) is 0.365. The minimum atomic E-state index is -1.18. The fourth-order valence-electron chi connectivity index (χ4n) is 4.55. The Labute approximate surface area is 154 Å². The molecule has 4 nitrogen and oxygen atoms in total. The van der Waals surface area contributed by atoms with Crippen molar-refractivity contribution in [2.75, 3.05) is 26.2 Å². The number of carbonyl (C=O) groups is 1. The van der Waals surface area contributed by atoms with E-state index in [-0.39, 0.29) is 18.7 Å². The first-order chi connectivity index (χ1) is 12.7. The molecule has 2 aromatic rings. The molecule has 0 unspecified atom stereocenters. The van der Waals surface area contributed by atoms with Crippen LogP contribution in [0.2, 0.25) is 0 Å². The van der Waals surface area contributed by atoms with Gasteiger partial charge in [-0.2, -0.15) is 0 Å². The Morgan fingerprint density at radius 3 is 1.96 bits per heavy atom. The molecule has 3 fully saturated rings. The molecule has 4 heteroatoms. The molecule has 3 aliphatic rings. The van der Waals surface area contributed by atoms with Crippen molar-refractivity contribution in [3.8, 4) is 0 Å². The number of hydrogen-bond acceptors (Lipinski definition) is 3. The standard InChI is InChI=1S/C22H25NO3/c24-16-22(18-7-3-1-4-8-18,19-9-5-2-6-10-19)21(25)26-20-15-23-13-11-17(20)12-14-23/h1-10,17,20,24H,11-16H2/p+1/t20-/m1/s1. The van der Waals surface area contributed by atoms with E-state index in [1.807, 2.05) is 60.7 Å². The highest BCUT2D eigenvalue weighted by molar-refractivity contribution is 5.88. The van der Waals surface area contributed by atoms with Gasteiger partial charge in [0.2, 0.25) is 0 Å². The summed E-state index contributed by atoms with van der Waals surface area (Å²) in [6.07, 6.45) is 2.20. The van der Waals surface area contributed by atoms with E-state index in [2.05, 4.69) is 0 Å². The summed E-state index contributed by atoms with van der Waals surface area (Å²) >= 11 is 0. The van der Waals surface area contributed by atoms with Crippen LogP contribution >= 0.6 is 0 Å². The van der Waals surface area contributed by atoms with Gasteiger partial charge in [0.25, 0.3) is 0 Å². The number of aliphatic hydroxyl groups is 1. The van der Waals surface area contributed by atoms with Crippen molar-refractivity contribution in [1.82, 2.24) is 0 Å². The Balaban J connectivity index is 1.70. The van der Waals surface area contributed by atoms with E-state index in [1.54, 1.807) is 0 Å². The number of rotatable bonds is 5. The second kappa shape index (κ2) is 7.22. The van der Waals surface area contributed by atoms with Crippen LogP contribution in [-0.4, -0.2) is 43.4 Å². The first kappa shape index (κ1) is 17.3. The van der Waals surface area contributed by atoms with Crippen LogP contribution in [0.25, 0.3) is 0 Å². The van der Waals surface area contributed by atoms with Crippen LogP contribution in [-0.2, 0) is 14.9 Å². The smallest absolute Gasteiger partial charge is 0.323 e. The molecule has 3 aliphatic heterocycles. The van der Waals surface area contributed by atoms with Gasteiger partial charge in [0.05, 0.1) is 19.7 Å². The van der Waals surface area contributed by atoms with Crippen LogP contribution in [0.1, 0.15) is 24.0 Å². The molecule has 1 atom stereocenters. The molecule has 136 valence electrons. The number of aliphatic hydroxyl groups excluding tert-OH is 1. The summed E-state index contributed by atoms with van der Waals surface area (Å²) in [6.45, 7) is 2.94. The SMILES string of the molecule is O=C(O[C@@H]1C[NH+]2CCC1CC2)C(CO)(c1ccccc1)c1ccccc1. The molecule has 3 saturated heterocycles. The summed E-state index contributed by atoms with van der Waals surface area (Å²) in [5, 5.41) is 10.4. The van der Waals surface area contributed by atoms with E-state index >= 15 is 0 Å². The molecule has 0 spiro atoms. The van der Waals surface area contributed by atoms with Crippen molar-refractivity contribution in [3.63, 3.8) is 0 Å². The topological polar surface area (TPSA) is 51.0 Å². The lowest BCUT2D eigenvalue weighted by molar-refractivity contribution is -0.920. The second-order valence-corrected chi connectivity index (χ2v) is 7.53. The first-order valence-electron chi connectivity index (χ1n) is 9.50. The lowest BCUT2D eigenvalue weighted by Gasteiger charge is -2.42. The van der Waals surface area contributed by atoms with Crippen LogP contribution in [0.15, 0.2) is 60.7 Å². The number of carbonyl (C=O) groups excluding carboxylic acids is 1. The fraction of sp³-hybridized carbons (Fsp3) is 0.409. The lowest BCUT2D eigenvalue weighted by Crippen LogP contribution is -3.16. The third-order valence-corrected chi connectivity index (χ3v) is 6.13. The summed E-state index contributed by atoms with van der Waals surface area (Å²) in [5.74, 6) is 0.120. The highest BCUT2D eigenvalue weighted by Crippen LogP contribution is 2.35. The summed E-state index contributed by atoms with van der Waals surface area (Å²) in [6, 6.07) is 19.0. The van der Waals surface area contributed by atoms with E-state index in [9.17, 15) is 9.90 Å². The Morgan fingerprint density at radius 1 is 1.00 bits per heavy atom. The van der Waals surface area contributed by atoms with Crippen LogP contribution in [0.4, 0.5) is 0 Å². The number of ether oxygens (including phenoxy) is 1. The van der Waals surface area contributed by atoms with Gasteiger partial charge in [0, 0.05) is 18.8 Å². The molecule has 2 bridgehead atoms. The average molecular weight is 352 g/mol. The molecule has 2 N–H and O–H groups in total. The molecule has 0 radical (unpaired) electrons. The average Bonchev–Trinajstić information content (AvgIpc) is 2.72. The maximum absolute atomic E-state index is 13.5. The molecular formula is C22H26NO3+. The largest absolute Gasteiger partial charge is 0.455 e. The fourth-order valence-corrected chi connectivity index (χ4v) is 4.55. The molecule has 5 rings (SSSR count). The Kier molecular flexibility index (Phi) is 4.79. The van der Waals surface area contributed by atoms with Gasteiger partial charge in [0.15, 0.2) is 6.10 Å². The highest BCUT2D eigenvalue weighted by atomic mass is 16.5.